The van der Waals surface area contributed by atoms with Crippen molar-refractivity contribution in [2.45, 2.75) is 72.0 Å². The normalized spacial score (nSPS) is 17.7. The molecule has 2 aromatic heterocycles. The summed E-state index contributed by atoms with van der Waals surface area (Å²) < 4.78 is 7.38. The SMILES string of the molecule is CCn1ncc(CNC(=O)N2CCCCC2c2nc(C(C)C)no2)c1C. The predicted molar refractivity (Wildman–Crippen MR) is 96.6 cm³/mol. The third-order valence-electron chi connectivity index (χ3n) is 4.96. The van der Waals surface area contributed by atoms with Crippen LogP contribution in [-0.4, -0.2) is 37.4 Å². The summed E-state index contributed by atoms with van der Waals surface area (Å²) in [6, 6.07) is -0.245. The number of nitrogens with one attached hydrogen (secondary N) is 1. The zero-order valence-corrected chi connectivity index (χ0v) is 16.0. The van der Waals surface area contributed by atoms with E-state index in [1.807, 2.05) is 36.5 Å². The molecule has 2 amide bonds. The van der Waals surface area contributed by atoms with Crippen LogP contribution in [0.15, 0.2) is 10.7 Å². The molecule has 0 aromatic carbocycles. The summed E-state index contributed by atoms with van der Waals surface area (Å²) in [7, 11) is 0. The van der Waals surface area contributed by atoms with E-state index in [1.165, 1.54) is 0 Å². The molecule has 3 rings (SSSR count). The Labute approximate surface area is 153 Å². The molecule has 3 heterocycles. The molecule has 8 nitrogen and oxygen atoms in total. The van der Waals surface area contributed by atoms with Gasteiger partial charge in [-0.15, -0.1) is 0 Å². The van der Waals surface area contributed by atoms with E-state index >= 15 is 0 Å². The van der Waals surface area contributed by atoms with E-state index in [1.54, 1.807) is 0 Å². The Morgan fingerprint density at radius 3 is 2.88 bits per heavy atom. The number of piperidine rings is 1. The molecular formula is C18H28N6O2. The summed E-state index contributed by atoms with van der Waals surface area (Å²) in [5.74, 6) is 1.43. The first-order chi connectivity index (χ1) is 12.5. The Morgan fingerprint density at radius 2 is 2.23 bits per heavy atom. The smallest absolute Gasteiger partial charge is 0.318 e. The summed E-state index contributed by atoms with van der Waals surface area (Å²) in [6.07, 6.45) is 4.71. The maximum absolute atomic E-state index is 12.8. The average molecular weight is 360 g/mol. The molecule has 1 unspecified atom stereocenters. The molecule has 2 aromatic rings. The van der Waals surface area contributed by atoms with Crippen molar-refractivity contribution in [1.29, 1.82) is 0 Å². The number of hydrogen-bond donors (Lipinski definition) is 1. The zero-order valence-electron chi connectivity index (χ0n) is 16.0. The first-order valence-electron chi connectivity index (χ1n) is 9.40. The number of carbonyl (C=O) groups is 1. The van der Waals surface area contributed by atoms with E-state index < -0.39 is 0 Å². The van der Waals surface area contributed by atoms with Crippen molar-refractivity contribution in [1.82, 2.24) is 30.1 Å². The molecule has 1 fully saturated rings. The van der Waals surface area contributed by atoms with Crippen LogP contribution < -0.4 is 5.32 Å². The monoisotopic (exact) mass is 360 g/mol. The van der Waals surface area contributed by atoms with Gasteiger partial charge in [0.25, 0.3) is 0 Å². The Hall–Kier alpha value is -2.38. The molecule has 0 saturated carbocycles. The predicted octanol–water partition coefficient (Wildman–Crippen LogP) is 3.15. The van der Waals surface area contributed by atoms with Crippen LogP contribution in [0.2, 0.25) is 0 Å². The first-order valence-corrected chi connectivity index (χ1v) is 9.40. The highest BCUT2D eigenvalue weighted by atomic mass is 16.5. The van der Waals surface area contributed by atoms with E-state index in [0.717, 1.165) is 37.1 Å². The number of aryl methyl sites for hydroxylation is 1. The lowest BCUT2D eigenvalue weighted by molar-refractivity contribution is 0.131. The van der Waals surface area contributed by atoms with E-state index in [2.05, 4.69) is 27.5 Å². The van der Waals surface area contributed by atoms with E-state index in [-0.39, 0.29) is 18.0 Å². The quantitative estimate of drug-likeness (QED) is 0.885. The van der Waals surface area contributed by atoms with Gasteiger partial charge in [-0.2, -0.15) is 10.1 Å². The number of rotatable bonds is 5. The Morgan fingerprint density at radius 1 is 1.42 bits per heavy atom. The highest BCUT2D eigenvalue weighted by molar-refractivity contribution is 5.74. The van der Waals surface area contributed by atoms with E-state index in [4.69, 9.17) is 4.52 Å². The van der Waals surface area contributed by atoms with Gasteiger partial charge in [0, 0.05) is 36.8 Å². The number of urea groups is 1. The van der Waals surface area contributed by atoms with Crippen molar-refractivity contribution in [2.24, 2.45) is 0 Å². The van der Waals surface area contributed by atoms with Gasteiger partial charge in [0.05, 0.1) is 6.20 Å². The lowest BCUT2D eigenvalue weighted by atomic mass is 10.0. The van der Waals surface area contributed by atoms with Crippen LogP contribution in [-0.2, 0) is 13.1 Å². The van der Waals surface area contributed by atoms with Crippen molar-refractivity contribution in [3.63, 3.8) is 0 Å². The number of nitrogens with zero attached hydrogens (tertiary/aromatic N) is 5. The van der Waals surface area contributed by atoms with Gasteiger partial charge in [0.1, 0.15) is 6.04 Å². The highest BCUT2D eigenvalue weighted by Crippen LogP contribution is 2.30. The minimum atomic E-state index is -0.150. The molecule has 142 valence electrons. The van der Waals surface area contributed by atoms with Gasteiger partial charge < -0.3 is 14.7 Å². The van der Waals surface area contributed by atoms with E-state index in [0.29, 0.717) is 24.8 Å². The number of likely N-dealkylation sites (tertiary alicyclic amines) is 1. The number of carbonyl (C=O) groups excluding carboxylic acids is 1. The maximum Gasteiger partial charge on any atom is 0.318 e. The van der Waals surface area contributed by atoms with Gasteiger partial charge in [-0.25, -0.2) is 4.79 Å². The van der Waals surface area contributed by atoms with Gasteiger partial charge in [-0.3, -0.25) is 4.68 Å². The average Bonchev–Trinajstić information content (AvgIpc) is 3.27. The minimum absolute atomic E-state index is 0.0948. The lowest BCUT2D eigenvalue weighted by Gasteiger charge is -2.33. The minimum Gasteiger partial charge on any atom is -0.337 e. The van der Waals surface area contributed by atoms with Gasteiger partial charge in [-0.05, 0) is 33.1 Å². The van der Waals surface area contributed by atoms with Gasteiger partial charge in [0.15, 0.2) is 5.82 Å². The second-order valence-corrected chi connectivity index (χ2v) is 7.08. The number of aromatic nitrogens is 4. The molecule has 0 radical (unpaired) electrons. The molecule has 1 aliphatic rings. The van der Waals surface area contributed by atoms with Crippen molar-refractivity contribution in [3.05, 3.63) is 29.2 Å². The fourth-order valence-electron chi connectivity index (χ4n) is 3.30. The summed E-state index contributed by atoms with van der Waals surface area (Å²) in [6.45, 7) is 10.1. The van der Waals surface area contributed by atoms with Crippen LogP contribution in [0.4, 0.5) is 4.79 Å². The third-order valence-corrected chi connectivity index (χ3v) is 4.96. The second-order valence-electron chi connectivity index (χ2n) is 7.08. The van der Waals surface area contributed by atoms with Crippen LogP contribution in [0.1, 0.15) is 75.0 Å². The second kappa shape index (κ2) is 7.88. The fourth-order valence-corrected chi connectivity index (χ4v) is 3.30. The molecule has 26 heavy (non-hydrogen) atoms. The molecule has 1 N–H and O–H groups in total. The summed E-state index contributed by atoms with van der Waals surface area (Å²) in [5.41, 5.74) is 2.12. The first kappa shape index (κ1) is 18.4. The van der Waals surface area contributed by atoms with Crippen LogP contribution in [0, 0.1) is 6.92 Å². The molecule has 1 aliphatic heterocycles. The number of hydrogen-bond acceptors (Lipinski definition) is 5. The summed E-state index contributed by atoms with van der Waals surface area (Å²) in [5, 5.41) is 11.4. The fraction of sp³-hybridized carbons (Fsp3) is 0.667. The van der Waals surface area contributed by atoms with Gasteiger partial charge >= 0.3 is 6.03 Å². The molecule has 1 saturated heterocycles. The van der Waals surface area contributed by atoms with Gasteiger partial charge in [0.2, 0.25) is 5.89 Å². The van der Waals surface area contributed by atoms with Crippen molar-refractivity contribution in [2.75, 3.05) is 6.54 Å². The summed E-state index contributed by atoms with van der Waals surface area (Å²) >= 11 is 0. The molecule has 0 bridgehead atoms. The van der Waals surface area contributed by atoms with Crippen molar-refractivity contribution >= 4 is 6.03 Å². The molecule has 8 heteroatoms. The number of amides is 2. The van der Waals surface area contributed by atoms with Crippen LogP contribution in [0.25, 0.3) is 0 Å². The lowest BCUT2D eigenvalue weighted by Crippen LogP contribution is -2.44. The molecule has 1 atom stereocenters. The van der Waals surface area contributed by atoms with Gasteiger partial charge in [-0.1, -0.05) is 19.0 Å². The molecule has 0 aliphatic carbocycles. The van der Waals surface area contributed by atoms with Crippen LogP contribution in [0.3, 0.4) is 0 Å². The van der Waals surface area contributed by atoms with Crippen LogP contribution in [0.5, 0.6) is 0 Å². The van der Waals surface area contributed by atoms with Crippen molar-refractivity contribution < 1.29 is 9.32 Å². The Balaban J connectivity index is 1.68. The third kappa shape index (κ3) is 3.73. The van der Waals surface area contributed by atoms with Crippen molar-refractivity contribution in [3.8, 4) is 0 Å². The molecule has 0 spiro atoms. The Kier molecular flexibility index (Phi) is 5.58. The largest absolute Gasteiger partial charge is 0.337 e. The van der Waals surface area contributed by atoms with E-state index in [9.17, 15) is 4.79 Å². The van der Waals surface area contributed by atoms with Crippen LogP contribution >= 0.6 is 0 Å². The maximum atomic E-state index is 12.8. The highest BCUT2D eigenvalue weighted by Gasteiger charge is 2.32. The molecular weight excluding hydrogens is 332 g/mol. The summed E-state index contributed by atoms with van der Waals surface area (Å²) in [4.78, 5) is 19.1. The topological polar surface area (TPSA) is 89.1 Å². The standard InChI is InChI=1S/C18H28N6O2/c1-5-24-13(4)14(11-20-24)10-19-18(25)23-9-7-6-8-15(23)17-21-16(12(2)3)22-26-17/h11-12,15H,5-10H2,1-4H3,(H,19,25). The zero-order chi connectivity index (χ0) is 18.7. The Bertz CT molecular complexity index is 751.